The fourth-order valence-corrected chi connectivity index (χ4v) is 1.02. The molecule has 0 aromatic carbocycles. The normalized spacial score (nSPS) is 9.71. The fraction of sp³-hybridized carbons (Fsp3) is 0.250. The standard InChI is InChI=1S/C8H7N7O2/c1-16-7-11-6(12-8(13-7)17-2)15-4-10-5(3-9)14-15/h4H,1-2H3. The van der Waals surface area contributed by atoms with Crippen LogP contribution in [0.15, 0.2) is 6.33 Å². The predicted molar refractivity (Wildman–Crippen MR) is 52.6 cm³/mol. The van der Waals surface area contributed by atoms with E-state index < -0.39 is 0 Å². The van der Waals surface area contributed by atoms with Gasteiger partial charge >= 0.3 is 12.0 Å². The molecule has 0 N–H and O–H groups in total. The molecular weight excluding hydrogens is 226 g/mol. The topological polar surface area (TPSA) is 112 Å². The molecule has 2 aromatic heterocycles. The van der Waals surface area contributed by atoms with E-state index in [1.54, 1.807) is 6.07 Å². The Bertz CT molecular complexity index is 551. The lowest BCUT2D eigenvalue weighted by Gasteiger charge is -2.03. The molecule has 0 saturated carbocycles. The molecule has 0 spiro atoms. The Morgan fingerprint density at radius 1 is 1.18 bits per heavy atom. The summed E-state index contributed by atoms with van der Waals surface area (Å²) in [5.74, 6) is 0.172. The van der Waals surface area contributed by atoms with Gasteiger partial charge < -0.3 is 9.47 Å². The lowest BCUT2D eigenvalue weighted by atomic mass is 10.7. The molecule has 0 atom stereocenters. The second-order valence-electron chi connectivity index (χ2n) is 2.73. The van der Waals surface area contributed by atoms with Gasteiger partial charge in [-0.15, -0.1) is 10.1 Å². The Kier molecular flexibility index (Phi) is 2.78. The first-order valence-electron chi connectivity index (χ1n) is 4.43. The van der Waals surface area contributed by atoms with Crippen molar-refractivity contribution in [2.45, 2.75) is 0 Å². The number of methoxy groups -OCH3 is 2. The van der Waals surface area contributed by atoms with Crippen LogP contribution in [0.5, 0.6) is 12.0 Å². The van der Waals surface area contributed by atoms with Gasteiger partial charge in [-0.1, -0.05) is 0 Å². The molecule has 86 valence electrons. The van der Waals surface area contributed by atoms with Crippen LogP contribution in [-0.4, -0.2) is 43.9 Å². The van der Waals surface area contributed by atoms with Crippen LogP contribution < -0.4 is 9.47 Å². The summed E-state index contributed by atoms with van der Waals surface area (Å²) in [6, 6.07) is 1.97. The molecule has 9 heteroatoms. The molecule has 0 aliphatic carbocycles. The lowest BCUT2D eigenvalue weighted by molar-refractivity contribution is 0.338. The molecule has 0 radical (unpaired) electrons. The van der Waals surface area contributed by atoms with E-state index in [4.69, 9.17) is 14.7 Å². The van der Waals surface area contributed by atoms with Crippen molar-refractivity contribution in [3.63, 3.8) is 0 Å². The van der Waals surface area contributed by atoms with Crippen molar-refractivity contribution in [1.82, 2.24) is 29.7 Å². The van der Waals surface area contributed by atoms with Crippen LogP contribution in [0.3, 0.4) is 0 Å². The van der Waals surface area contributed by atoms with Gasteiger partial charge in [0.2, 0.25) is 0 Å². The number of nitrogens with zero attached hydrogens (tertiary/aromatic N) is 7. The lowest BCUT2D eigenvalue weighted by Crippen LogP contribution is -2.07. The minimum absolute atomic E-state index is 0.0170. The van der Waals surface area contributed by atoms with E-state index in [2.05, 4.69) is 25.0 Å². The Labute approximate surface area is 95.7 Å². The zero-order valence-electron chi connectivity index (χ0n) is 9.02. The minimum atomic E-state index is 0.0170. The maximum Gasteiger partial charge on any atom is 0.324 e. The van der Waals surface area contributed by atoms with Crippen LogP contribution in [0.25, 0.3) is 5.95 Å². The Hall–Kier alpha value is -2.76. The zero-order valence-corrected chi connectivity index (χ0v) is 9.02. The molecule has 17 heavy (non-hydrogen) atoms. The molecule has 0 bridgehead atoms. The van der Waals surface area contributed by atoms with Crippen LogP contribution in [-0.2, 0) is 0 Å². The third-order valence-electron chi connectivity index (χ3n) is 1.74. The highest BCUT2D eigenvalue weighted by molar-refractivity contribution is 5.17. The predicted octanol–water partition coefficient (Wildman–Crippen LogP) is -0.659. The van der Waals surface area contributed by atoms with E-state index in [-0.39, 0.29) is 23.8 Å². The van der Waals surface area contributed by atoms with Crippen molar-refractivity contribution >= 4 is 0 Å². The van der Waals surface area contributed by atoms with Gasteiger partial charge in [-0.05, 0) is 0 Å². The Morgan fingerprint density at radius 3 is 2.29 bits per heavy atom. The molecule has 2 heterocycles. The summed E-state index contributed by atoms with van der Waals surface area (Å²) < 4.78 is 11.0. The first-order chi connectivity index (χ1) is 8.26. The van der Waals surface area contributed by atoms with Gasteiger partial charge in [0, 0.05) is 0 Å². The number of hydrogen-bond donors (Lipinski definition) is 0. The number of rotatable bonds is 3. The van der Waals surface area contributed by atoms with Crippen molar-refractivity contribution in [3.05, 3.63) is 12.2 Å². The molecule has 2 aromatic rings. The molecule has 0 aliphatic heterocycles. The van der Waals surface area contributed by atoms with Gasteiger partial charge in [0.1, 0.15) is 12.4 Å². The summed E-state index contributed by atoms with van der Waals surface area (Å²) in [7, 11) is 2.83. The summed E-state index contributed by atoms with van der Waals surface area (Å²) in [4.78, 5) is 15.4. The second-order valence-corrected chi connectivity index (χ2v) is 2.73. The highest BCUT2D eigenvalue weighted by Crippen LogP contribution is 2.10. The highest BCUT2D eigenvalue weighted by Gasteiger charge is 2.10. The van der Waals surface area contributed by atoms with Gasteiger partial charge in [0.25, 0.3) is 11.8 Å². The van der Waals surface area contributed by atoms with Gasteiger partial charge in [0.15, 0.2) is 0 Å². The third-order valence-corrected chi connectivity index (χ3v) is 1.74. The van der Waals surface area contributed by atoms with E-state index in [1.807, 2.05) is 0 Å². The largest absolute Gasteiger partial charge is 0.467 e. The van der Waals surface area contributed by atoms with Crippen LogP contribution >= 0.6 is 0 Å². The maximum absolute atomic E-state index is 8.61. The average molecular weight is 233 g/mol. The maximum atomic E-state index is 8.61. The third kappa shape index (κ3) is 2.10. The molecule has 0 aliphatic rings. The molecular formula is C8H7N7O2. The van der Waals surface area contributed by atoms with E-state index in [9.17, 15) is 0 Å². The summed E-state index contributed by atoms with van der Waals surface area (Å²) in [6.45, 7) is 0. The number of nitriles is 1. The van der Waals surface area contributed by atoms with Crippen LogP contribution in [0.4, 0.5) is 0 Å². The average Bonchev–Trinajstić information content (AvgIpc) is 2.86. The van der Waals surface area contributed by atoms with Gasteiger partial charge in [-0.25, -0.2) is 4.98 Å². The van der Waals surface area contributed by atoms with Crippen molar-refractivity contribution in [2.24, 2.45) is 0 Å². The molecule has 0 unspecified atom stereocenters. The molecule has 9 nitrogen and oxygen atoms in total. The molecule has 2 rings (SSSR count). The van der Waals surface area contributed by atoms with Gasteiger partial charge in [0.05, 0.1) is 14.2 Å². The van der Waals surface area contributed by atoms with Crippen molar-refractivity contribution < 1.29 is 9.47 Å². The second kappa shape index (κ2) is 4.40. The van der Waals surface area contributed by atoms with Gasteiger partial charge in [-0.3, -0.25) is 0 Å². The van der Waals surface area contributed by atoms with Crippen LogP contribution in [0.2, 0.25) is 0 Å². The SMILES string of the molecule is COc1nc(OC)nc(-n2cnc(C#N)n2)n1. The van der Waals surface area contributed by atoms with Crippen LogP contribution in [0.1, 0.15) is 5.82 Å². The number of ether oxygens (including phenoxy) is 2. The fourth-order valence-electron chi connectivity index (χ4n) is 1.02. The molecule has 0 saturated heterocycles. The number of hydrogen-bond acceptors (Lipinski definition) is 8. The molecule has 0 fully saturated rings. The Balaban J connectivity index is 2.47. The Morgan fingerprint density at radius 2 is 1.82 bits per heavy atom. The smallest absolute Gasteiger partial charge is 0.324 e. The summed E-state index contributed by atoms with van der Waals surface area (Å²) >= 11 is 0. The van der Waals surface area contributed by atoms with E-state index in [1.165, 1.54) is 25.2 Å². The molecule has 0 amide bonds. The van der Waals surface area contributed by atoms with Crippen molar-refractivity contribution in [3.8, 4) is 24.0 Å². The van der Waals surface area contributed by atoms with E-state index in [0.29, 0.717) is 0 Å². The highest BCUT2D eigenvalue weighted by atomic mass is 16.5. The van der Waals surface area contributed by atoms with Gasteiger partial charge in [-0.2, -0.15) is 19.9 Å². The summed E-state index contributed by atoms with van der Waals surface area (Å²) in [5.41, 5.74) is 0. The first-order valence-corrected chi connectivity index (χ1v) is 4.43. The minimum Gasteiger partial charge on any atom is -0.467 e. The van der Waals surface area contributed by atoms with Crippen molar-refractivity contribution in [1.29, 1.82) is 5.26 Å². The first kappa shape index (κ1) is 10.7. The quantitative estimate of drug-likeness (QED) is 0.686. The number of aromatic nitrogens is 6. The van der Waals surface area contributed by atoms with E-state index in [0.717, 1.165) is 0 Å². The summed E-state index contributed by atoms with van der Waals surface area (Å²) in [6.07, 6.45) is 1.31. The van der Waals surface area contributed by atoms with Crippen LogP contribution in [0, 0.1) is 11.3 Å². The van der Waals surface area contributed by atoms with Crippen molar-refractivity contribution in [2.75, 3.05) is 14.2 Å². The van der Waals surface area contributed by atoms with E-state index >= 15 is 0 Å². The monoisotopic (exact) mass is 233 g/mol. The summed E-state index contributed by atoms with van der Waals surface area (Å²) in [5, 5.41) is 12.4. The zero-order chi connectivity index (χ0) is 12.3.